The lowest BCUT2D eigenvalue weighted by atomic mass is 10.7. The summed E-state index contributed by atoms with van der Waals surface area (Å²) >= 11 is 0. The lowest BCUT2D eigenvalue weighted by Gasteiger charge is -1.98. The lowest BCUT2D eigenvalue weighted by Crippen LogP contribution is -2.07. The summed E-state index contributed by atoms with van der Waals surface area (Å²) in [5.41, 5.74) is 0. The fraction of sp³-hybridized carbons (Fsp3) is 0.500. The van der Waals surface area contributed by atoms with Crippen LogP contribution < -0.4 is 0 Å². The molecule has 0 saturated heterocycles. The molecule has 1 radical (unpaired) electrons. The number of ether oxygens (including phenoxy) is 1. The molecular formula is C8H13O2Si. The van der Waals surface area contributed by atoms with Crippen molar-refractivity contribution in [3.05, 3.63) is 12.3 Å². The van der Waals surface area contributed by atoms with Gasteiger partial charge in [0, 0.05) is 0 Å². The minimum absolute atomic E-state index is 0.453. The Morgan fingerprint density at radius 3 is 2.64 bits per heavy atom. The predicted octanol–water partition coefficient (Wildman–Crippen LogP) is 1.77. The molecule has 0 saturated carbocycles. The number of hydrogen-bond donors (Lipinski definition) is 0. The third-order valence-electron chi connectivity index (χ3n) is 0.730. The van der Waals surface area contributed by atoms with Crippen molar-refractivity contribution in [2.45, 2.75) is 20.0 Å². The van der Waals surface area contributed by atoms with Crippen LogP contribution in [-0.4, -0.2) is 15.6 Å². The van der Waals surface area contributed by atoms with Crippen molar-refractivity contribution >= 4 is 9.04 Å². The van der Waals surface area contributed by atoms with Gasteiger partial charge in [-0.05, 0) is 25.9 Å². The first-order valence-corrected chi connectivity index (χ1v) is 5.77. The van der Waals surface area contributed by atoms with E-state index < -0.39 is 9.04 Å². The highest BCUT2D eigenvalue weighted by Gasteiger charge is 1.91. The van der Waals surface area contributed by atoms with Gasteiger partial charge in [0.05, 0.1) is 6.61 Å². The van der Waals surface area contributed by atoms with Crippen LogP contribution in [0.1, 0.15) is 6.92 Å². The van der Waals surface area contributed by atoms with Gasteiger partial charge in [-0.15, -0.1) is 0 Å². The Morgan fingerprint density at radius 2 is 2.18 bits per heavy atom. The predicted molar refractivity (Wildman–Crippen MR) is 47.1 cm³/mol. The molecule has 0 amide bonds. The maximum absolute atomic E-state index is 5.24. The Bertz CT molecular complexity index is 176. The summed E-state index contributed by atoms with van der Waals surface area (Å²) in [5.74, 6) is 3.33. The summed E-state index contributed by atoms with van der Waals surface area (Å²) in [6.45, 7) is 9.86. The zero-order valence-electron chi connectivity index (χ0n) is 7.23. The van der Waals surface area contributed by atoms with Gasteiger partial charge in [0.1, 0.15) is 11.9 Å². The molecular weight excluding hydrogens is 156 g/mol. The molecule has 0 aromatic heterocycles. The molecule has 0 aliphatic rings. The molecule has 0 fully saturated rings. The van der Waals surface area contributed by atoms with E-state index in [-0.39, 0.29) is 0 Å². The first-order valence-electron chi connectivity index (χ1n) is 3.36. The van der Waals surface area contributed by atoms with Gasteiger partial charge in [-0.2, -0.15) is 0 Å². The van der Waals surface area contributed by atoms with Crippen LogP contribution in [0.3, 0.4) is 0 Å². The first kappa shape index (κ1) is 10.3. The van der Waals surface area contributed by atoms with E-state index in [1.54, 1.807) is 6.92 Å². The van der Waals surface area contributed by atoms with Crippen molar-refractivity contribution in [2.75, 3.05) is 6.61 Å². The third-order valence-corrected chi connectivity index (χ3v) is 1.45. The molecule has 0 unspecified atom stereocenters. The second-order valence-corrected chi connectivity index (χ2v) is 4.39. The highest BCUT2D eigenvalue weighted by Crippen LogP contribution is 1.86. The number of hydrogen-bond acceptors (Lipinski definition) is 2. The summed E-state index contributed by atoms with van der Waals surface area (Å²) in [5, 5.41) is 0. The Labute approximate surface area is 69.9 Å². The van der Waals surface area contributed by atoms with Gasteiger partial charge in [0.2, 0.25) is 9.04 Å². The second kappa shape index (κ2) is 6.02. The Morgan fingerprint density at radius 1 is 1.55 bits per heavy atom. The Kier molecular flexibility index (Phi) is 5.62. The van der Waals surface area contributed by atoms with Gasteiger partial charge < -0.3 is 9.16 Å². The van der Waals surface area contributed by atoms with Crippen molar-refractivity contribution in [3.63, 3.8) is 0 Å². The Balaban J connectivity index is 3.33. The second-order valence-electron chi connectivity index (χ2n) is 2.28. The molecule has 0 bridgehead atoms. The normalized spacial score (nSPS) is 8.73. The maximum atomic E-state index is 5.24. The molecule has 0 aliphatic carbocycles. The van der Waals surface area contributed by atoms with Gasteiger partial charge in [0.25, 0.3) is 0 Å². The van der Waals surface area contributed by atoms with E-state index in [4.69, 9.17) is 9.16 Å². The molecule has 0 N–H and O–H groups in total. The standard InChI is InChI=1S/C8H13O2Si/c1-8(2)9-6-5-7-10-11(3)4/h1,7H2,2-4H3. The lowest BCUT2D eigenvalue weighted by molar-refractivity contribution is 0.368. The van der Waals surface area contributed by atoms with Crippen LogP contribution in [0.5, 0.6) is 0 Å². The molecule has 0 rings (SSSR count). The molecule has 2 nitrogen and oxygen atoms in total. The van der Waals surface area contributed by atoms with Gasteiger partial charge in [-0.3, -0.25) is 0 Å². The SMILES string of the molecule is C=C(C)OC#CCO[Si](C)C. The smallest absolute Gasteiger partial charge is 0.206 e. The van der Waals surface area contributed by atoms with E-state index in [1.807, 2.05) is 0 Å². The van der Waals surface area contributed by atoms with E-state index in [2.05, 4.69) is 31.7 Å². The van der Waals surface area contributed by atoms with Crippen LogP contribution in [0.2, 0.25) is 13.1 Å². The van der Waals surface area contributed by atoms with Crippen molar-refractivity contribution in [2.24, 2.45) is 0 Å². The van der Waals surface area contributed by atoms with Gasteiger partial charge in [-0.25, -0.2) is 0 Å². The summed E-state index contributed by atoms with van der Waals surface area (Å²) in [4.78, 5) is 0. The van der Waals surface area contributed by atoms with E-state index in [1.165, 1.54) is 0 Å². The van der Waals surface area contributed by atoms with Crippen molar-refractivity contribution < 1.29 is 9.16 Å². The van der Waals surface area contributed by atoms with Crippen LogP contribution >= 0.6 is 0 Å². The average molecular weight is 169 g/mol. The summed E-state index contributed by atoms with van der Waals surface area (Å²) < 4.78 is 10.0. The molecule has 3 heteroatoms. The molecule has 0 aromatic carbocycles. The molecule has 0 heterocycles. The Hall–Kier alpha value is -0.723. The average Bonchev–Trinajstić information content (AvgIpc) is 1.85. The highest BCUT2D eigenvalue weighted by atomic mass is 28.3. The summed E-state index contributed by atoms with van der Waals surface area (Å²) in [6.07, 6.45) is 2.48. The monoisotopic (exact) mass is 169 g/mol. The van der Waals surface area contributed by atoms with Crippen LogP contribution in [0.25, 0.3) is 0 Å². The minimum atomic E-state index is -0.616. The zero-order chi connectivity index (χ0) is 8.69. The fourth-order valence-corrected chi connectivity index (χ4v) is 0.694. The maximum Gasteiger partial charge on any atom is 0.206 e. The van der Waals surface area contributed by atoms with Crippen LogP contribution in [0.15, 0.2) is 12.3 Å². The number of rotatable bonds is 3. The van der Waals surface area contributed by atoms with E-state index in [9.17, 15) is 0 Å². The summed E-state index contributed by atoms with van der Waals surface area (Å²) in [6, 6.07) is 0. The van der Waals surface area contributed by atoms with Crippen molar-refractivity contribution in [1.82, 2.24) is 0 Å². The van der Waals surface area contributed by atoms with Gasteiger partial charge >= 0.3 is 0 Å². The number of allylic oxidation sites excluding steroid dienone is 1. The molecule has 0 spiro atoms. The van der Waals surface area contributed by atoms with E-state index >= 15 is 0 Å². The van der Waals surface area contributed by atoms with Crippen molar-refractivity contribution in [3.8, 4) is 12.0 Å². The molecule has 0 atom stereocenters. The summed E-state index contributed by atoms with van der Waals surface area (Å²) in [7, 11) is -0.616. The molecule has 0 aromatic rings. The highest BCUT2D eigenvalue weighted by molar-refractivity contribution is 6.48. The van der Waals surface area contributed by atoms with E-state index in [0.29, 0.717) is 12.4 Å². The van der Waals surface area contributed by atoms with Crippen molar-refractivity contribution in [1.29, 1.82) is 0 Å². The first-order chi connectivity index (χ1) is 5.13. The van der Waals surface area contributed by atoms with Crippen LogP contribution in [-0.2, 0) is 9.16 Å². The third kappa shape index (κ3) is 9.28. The fourth-order valence-electron chi connectivity index (χ4n) is 0.333. The van der Waals surface area contributed by atoms with Crippen LogP contribution in [0, 0.1) is 12.0 Å². The quantitative estimate of drug-likeness (QED) is 0.364. The molecule has 0 aliphatic heterocycles. The van der Waals surface area contributed by atoms with E-state index in [0.717, 1.165) is 0 Å². The topological polar surface area (TPSA) is 18.5 Å². The largest absolute Gasteiger partial charge is 0.413 e. The minimum Gasteiger partial charge on any atom is -0.413 e. The molecule has 11 heavy (non-hydrogen) atoms. The van der Waals surface area contributed by atoms with Gasteiger partial charge in [-0.1, -0.05) is 6.58 Å². The zero-order valence-corrected chi connectivity index (χ0v) is 8.23. The van der Waals surface area contributed by atoms with Crippen LogP contribution in [0.4, 0.5) is 0 Å². The van der Waals surface area contributed by atoms with Gasteiger partial charge in [0.15, 0.2) is 0 Å². The molecule has 61 valence electrons.